The molecule has 2 heterocycles. The Labute approximate surface area is 106 Å². The minimum absolute atomic E-state index is 0.412. The monoisotopic (exact) mass is 249 g/mol. The van der Waals surface area contributed by atoms with Gasteiger partial charge in [-0.25, -0.2) is 0 Å². The molecular formula is C13H19N3S. The van der Waals surface area contributed by atoms with E-state index in [0.29, 0.717) is 6.04 Å². The summed E-state index contributed by atoms with van der Waals surface area (Å²) in [5.41, 5.74) is 1.30. The molecule has 0 fully saturated rings. The molecule has 2 rings (SSSR count). The predicted molar refractivity (Wildman–Crippen MR) is 72.3 cm³/mol. The van der Waals surface area contributed by atoms with E-state index in [1.165, 1.54) is 10.4 Å². The molecule has 0 aliphatic rings. The summed E-state index contributed by atoms with van der Waals surface area (Å²) in [6, 6.07) is 4.72. The highest BCUT2D eigenvalue weighted by molar-refractivity contribution is 7.10. The molecule has 0 amide bonds. The lowest BCUT2D eigenvalue weighted by Gasteiger charge is -2.15. The number of thiophene rings is 1. The zero-order valence-electron chi connectivity index (χ0n) is 10.4. The van der Waals surface area contributed by atoms with Crippen LogP contribution in [-0.2, 0) is 13.0 Å². The second-order valence-electron chi connectivity index (χ2n) is 4.03. The summed E-state index contributed by atoms with van der Waals surface area (Å²) in [7, 11) is 0. The van der Waals surface area contributed by atoms with Crippen molar-refractivity contribution < 1.29 is 0 Å². The van der Waals surface area contributed by atoms with Gasteiger partial charge in [-0.15, -0.1) is 11.3 Å². The van der Waals surface area contributed by atoms with Gasteiger partial charge in [-0.3, -0.25) is 4.68 Å². The molecule has 0 aliphatic heterocycles. The number of aromatic nitrogens is 2. The Bertz CT molecular complexity index is 433. The molecule has 4 heteroatoms. The standard InChI is InChI=1S/C13H19N3S/c1-3-14-12(13-6-5-7-17-13)8-11-9-15-16(4-2)10-11/h5-7,9-10,12,14H,3-4,8H2,1-2H3. The summed E-state index contributed by atoms with van der Waals surface area (Å²) in [6.07, 6.45) is 5.12. The zero-order valence-corrected chi connectivity index (χ0v) is 11.2. The van der Waals surface area contributed by atoms with Crippen molar-refractivity contribution in [3.63, 3.8) is 0 Å². The van der Waals surface area contributed by atoms with Crippen molar-refractivity contribution >= 4 is 11.3 Å². The first kappa shape index (κ1) is 12.3. The molecule has 0 aliphatic carbocycles. The Hall–Kier alpha value is -1.13. The van der Waals surface area contributed by atoms with Crippen LogP contribution >= 0.6 is 11.3 Å². The molecule has 0 saturated heterocycles. The molecule has 3 nitrogen and oxygen atoms in total. The number of likely N-dealkylation sites (N-methyl/N-ethyl adjacent to an activating group) is 1. The fourth-order valence-electron chi connectivity index (χ4n) is 1.93. The Morgan fingerprint density at radius 2 is 2.35 bits per heavy atom. The van der Waals surface area contributed by atoms with Gasteiger partial charge < -0.3 is 5.32 Å². The van der Waals surface area contributed by atoms with E-state index in [0.717, 1.165) is 19.5 Å². The van der Waals surface area contributed by atoms with Crippen molar-refractivity contribution in [3.05, 3.63) is 40.3 Å². The second kappa shape index (κ2) is 5.98. The quantitative estimate of drug-likeness (QED) is 0.853. The van der Waals surface area contributed by atoms with Gasteiger partial charge in [-0.1, -0.05) is 13.0 Å². The fraction of sp³-hybridized carbons (Fsp3) is 0.462. The normalized spacial score (nSPS) is 12.8. The van der Waals surface area contributed by atoms with Crippen molar-refractivity contribution in [3.8, 4) is 0 Å². The predicted octanol–water partition coefficient (Wildman–Crippen LogP) is 2.86. The number of nitrogens with zero attached hydrogens (tertiary/aromatic N) is 2. The van der Waals surface area contributed by atoms with E-state index in [4.69, 9.17) is 0 Å². The van der Waals surface area contributed by atoms with E-state index >= 15 is 0 Å². The minimum Gasteiger partial charge on any atom is -0.309 e. The molecule has 17 heavy (non-hydrogen) atoms. The Morgan fingerprint density at radius 1 is 1.47 bits per heavy atom. The molecule has 1 unspecified atom stereocenters. The third-order valence-electron chi connectivity index (χ3n) is 2.79. The maximum Gasteiger partial charge on any atom is 0.0522 e. The van der Waals surface area contributed by atoms with E-state index in [-0.39, 0.29) is 0 Å². The van der Waals surface area contributed by atoms with Gasteiger partial charge in [0.15, 0.2) is 0 Å². The smallest absolute Gasteiger partial charge is 0.0522 e. The highest BCUT2D eigenvalue weighted by atomic mass is 32.1. The molecule has 1 N–H and O–H groups in total. The number of aryl methyl sites for hydroxylation is 1. The van der Waals surface area contributed by atoms with Gasteiger partial charge in [0.2, 0.25) is 0 Å². The Kier molecular flexibility index (Phi) is 4.34. The van der Waals surface area contributed by atoms with Gasteiger partial charge in [0.1, 0.15) is 0 Å². The molecule has 1 atom stereocenters. The maximum absolute atomic E-state index is 4.32. The molecule has 0 aromatic carbocycles. The largest absolute Gasteiger partial charge is 0.309 e. The van der Waals surface area contributed by atoms with E-state index < -0.39 is 0 Å². The van der Waals surface area contributed by atoms with Crippen LogP contribution in [0.3, 0.4) is 0 Å². The highest BCUT2D eigenvalue weighted by Crippen LogP contribution is 2.22. The first-order chi connectivity index (χ1) is 8.33. The first-order valence-electron chi connectivity index (χ1n) is 6.11. The van der Waals surface area contributed by atoms with Crippen molar-refractivity contribution in [1.82, 2.24) is 15.1 Å². The second-order valence-corrected chi connectivity index (χ2v) is 5.01. The summed E-state index contributed by atoms with van der Waals surface area (Å²) in [5, 5.41) is 9.99. The summed E-state index contributed by atoms with van der Waals surface area (Å²) in [5.74, 6) is 0. The van der Waals surface area contributed by atoms with Crippen LogP contribution in [0.5, 0.6) is 0 Å². The van der Waals surface area contributed by atoms with E-state index in [1.807, 2.05) is 22.2 Å². The average molecular weight is 249 g/mol. The third-order valence-corrected chi connectivity index (χ3v) is 3.77. The summed E-state index contributed by atoms with van der Waals surface area (Å²) in [4.78, 5) is 1.40. The van der Waals surface area contributed by atoms with E-state index in [9.17, 15) is 0 Å². The SMILES string of the molecule is CCNC(Cc1cnn(CC)c1)c1cccs1. The van der Waals surface area contributed by atoms with Crippen LogP contribution < -0.4 is 5.32 Å². The van der Waals surface area contributed by atoms with E-state index in [1.54, 1.807) is 0 Å². The lowest BCUT2D eigenvalue weighted by atomic mass is 10.1. The van der Waals surface area contributed by atoms with Crippen molar-refractivity contribution in [2.24, 2.45) is 0 Å². The first-order valence-corrected chi connectivity index (χ1v) is 6.99. The van der Waals surface area contributed by atoms with Crippen LogP contribution in [0.2, 0.25) is 0 Å². The highest BCUT2D eigenvalue weighted by Gasteiger charge is 2.12. The maximum atomic E-state index is 4.32. The molecule has 2 aromatic rings. The summed E-state index contributed by atoms with van der Waals surface area (Å²) < 4.78 is 1.98. The number of rotatable bonds is 6. The number of hydrogen-bond acceptors (Lipinski definition) is 3. The molecule has 0 saturated carbocycles. The van der Waals surface area contributed by atoms with Gasteiger partial charge in [0, 0.05) is 23.7 Å². The van der Waals surface area contributed by atoms with Crippen LogP contribution in [0.25, 0.3) is 0 Å². The van der Waals surface area contributed by atoms with Gasteiger partial charge in [-0.05, 0) is 36.9 Å². The molecular weight excluding hydrogens is 230 g/mol. The molecule has 92 valence electrons. The minimum atomic E-state index is 0.412. The zero-order chi connectivity index (χ0) is 12.1. The molecule has 0 bridgehead atoms. The van der Waals surface area contributed by atoms with Gasteiger partial charge in [-0.2, -0.15) is 5.10 Å². The lowest BCUT2D eigenvalue weighted by molar-refractivity contribution is 0.557. The van der Waals surface area contributed by atoms with E-state index in [2.05, 4.69) is 48.0 Å². The van der Waals surface area contributed by atoms with Crippen molar-refractivity contribution in [2.75, 3.05) is 6.54 Å². The molecule has 0 spiro atoms. The Balaban J connectivity index is 2.07. The van der Waals surface area contributed by atoms with Gasteiger partial charge >= 0.3 is 0 Å². The van der Waals surface area contributed by atoms with Gasteiger partial charge in [0.25, 0.3) is 0 Å². The van der Waals surface area contributed by atoms with Crippen LogP contribution in [-0.4, -0.2) is 16.3 Å². The van der Waals surface area contributed by atoms with Crippen molar-refractivity contribution in [1.29, 1.82) is 0 Å². The number of nitrogens with one attached hydrogen (secondary N) is 1. The topological polar surface area (TPSA) is 29.9 Å². The van der Waals surface area contributed by atoms with Gasteiger partial charge in [0.05, 0.1) is 6.20 Å². The van der Waals surface area contributed by atoms with Crippen molar-refractivity contribution in [2.45, 2.75) is 32.9 Å². The molecule has 0 radical (unpaired) electrons. The summed E-state index contributed by atoms with van der Waals surface area (Å²) >= 11 is 1.81. The number of hydrogen-bond donors (Lipinski definition) is 1. The fourth-order valence-corrected chi connectivity index (χ4v) is 2.73. The van der Waals surface area contributed by atoms with Crippen LogP contribution in [0.1, 0.15) is 30.3 Å². The average Bonchev–Trinajstić information content (AvgIpc) is 2.99. The van der Waals surface area contributed by atoms with Crippen LogP contribution in [0, 0.1) is 0 Å². The molecule has 2 aromatic heterocycles. The van der Waals surface area contributed by atoms with Crippen LogP contribution in [0.4, 0.5) is 0 Å². The van der Waals surface area contributed by atoms with Crippen LogP contribution in [0.15, 0.2) is 29.9 Å². The third kappa shape index (κ3) is 3.17. The lowest BCUT2D eigenvalue weighted by Crippen LogP contribution is -2.21. The Morgan fingerprint density at radius 3 is 2.94 bits per heavy atom. The summed E-state index contributed by atoms with van der Waals surface area (Å²) in [6.45, 7) is 6.18.